The molecule has 1 aliphatic carbocycles. The summed E-state index contributed by atoms with van der Waals surface area (Å²) in [7, 11) is 0. The molecule has 0 atom stereocenters. The van der Waals surface area contributed by atoms with E-state index in [4.69, 9.17) is 0 Å². The van der Waals surface area contributed by atoms with Gasteiger partial charge in [-0.05, 0) is 32.3 Å². The van der Waals surface area contributed by atoms with Crippen molar-refractivity contribution in [3.8, 4) is 0 Å². The fraction of sp³-hybridized carbons (Fsp3) is 0.500. The molecule has 4 heteroatoms. The molecule has 1 heterocycles. The maximum atomic E-state index is 12.0. The fourth-order valence-corrected chi connectivity index (χ4v) is 1.74. The quantitative estimate of drug-likeness (QED) is 0.811. The van der Waals surface area contributed by atoms with Gasteiger partial charge in [0.15, 0.2) is 0 Å². The second-order valence-corrected chi connectivity index (χ2v) is 4.05. The number of anilines is 1. The van der Waals surface area contributed by atoms with Gasteiger partial charge >= 0.3 is 0 Å². The lowest BCUT2D eigenvalue weighted by Crippen LogP contribution is -2.39. The van der Waals surface area contributed by atoms with Crippen LogP contribution in [0, 0.1) is 0 Å². The van der Waals surface area contributed by atoms with Crippen LogP contribution in [-0.2, 0) is 0 Å². The van der Waals surface area contributed by atoms with Crippen molar-refractivity contribution in [1.82, 2.24) is 10.3 Å². The van der Waals surface area contributed by atoms with Gasteiger partial charge in [-0.3, -0.25) is 9.78 Å². The summed E-state index contributed by atoms with van der Waals surface area (Å²) in [5.41, 5.74) is 1.49. The number of hydrogen-bond acceptors (Lipinski definition) is 3. The second kappa shape index (κ2) is 4.96. The average molecular weight is 219 g/mol. The van der Waals surface area contributed by atoms with E-state index in [-0.39, 0.29) is 5.91 Å². The molecule has 0 aliphatic heterocycles. The van der Waals surface area contributed by atoms with Crippen LogP contribution < -0.4 is 10.6 Å². The van der Waals surface area contributed by atoms with Crippen LogP contribution in [0.5, 0.6) is 0 Å². The molecule has 0 bridgehead atoms. The molecule has 1 amide bonds. The first kappa shape index (κ1) is 10.9. The predicted octanol–water partition coefficient (Wildman–Crippen LogP) is 1.80. The summed E-state index contributed by atoms with van der Waals surface area (Å²) in [4.78, 5) is 16.0. The largest absolute Gasteiger partial charge is 0.385 e. The molecule has 0 spiro atoms. The highest BCUT2D eigenvalue weighted by molar-refractivity contribution is 5.99. The zero-order valence-corrected chi connectivity index (χ0v) is 9.49. The second-order valence-electron chi connectivity index (χ2n) is 4.05. The molecular weight excluding hydrogens is 202 g/mol. The standard InChI is InChI=1S/C12H17N3O/c1-2-14-11-6-7-13-8-10(11)12(16)15-9-4-3-5-9/h6-9H,2-5H2,1H3,(H,13,14)(H,15,16). The molecular formula is C12H17N3O. The van der Waals surface area contributed by atoms with Crippen molar-refractivity contribution in [3.63, 3.8) is 0 Å². The van der Waals surface area contributed by atoms with Gasteiger partial charge in [0.2, 0.25) is 0 Å². The molecule has 0 unspecified atom stereocenters. The first-order valence-electron chi connectivity index (χ1n) is 5.80. The molecule has 2 N–H and O–H groups in total. The van der Waals surface area contributed by atoms with Gasteiger partial charge in [-0.25, -0.2) is 0 Å². The summed E-state index contributed by atoms with van der Waals surface area (Å²) >= 11 is 0. The maximum Gasteiger partial charge on any atom is 0.255 e. The third-order valence-electron chi connectivity index (χ3n) is 2.87. The van der Waals surface area contributed by atoms with E-state index in [1.165, 1.54) is 6.42 Å². The highest BCUT2D eigenvalue weighted by Crippen LogP contribution is 2.20. The molecule has 0 radical (unpaired) electrons. The zero-order chi connectivity index (χ0) is 11.4. The maximum absolute atomic E-state index is 12.0. The zero-order valence-electron chi connectivity index (χ0n) is 9.49. The summed E-state index contributed by atoms with van der Waals surface area (Å²) < 4.78 is 0. The number of rotatable bonds is 4. The van der Waals surface area contributed by atoms with Crippen LogP contribution in [0.2, 0.25) is 0 Å². The van der Waals surface area contributed by atoms with Crippen molar-refractivity contribution >= 4 is 11.6 Å². The molecule has 1 aliphatic rings. The highest BCUT2D eigenvalue weighted by atomic mass is 16.1. The van der Waals surface area contributed by atoms with Crippen LogP contribution in [-0.4, -0.2) is 23.5 Å². The minimum Gasteiger partial charge on any atom is -0.385 e. The molecule has 0 aromatic carbocycles. The topological polar surface area (TPSA) is 54.0 Å². The number of carbonyl (C=O) groups is 1. The number of carbonyl (C=O) groups excluding carboxylic acids is 1. The minimum atomic E-state index is -0.0197. The first-order valence-corrected chi connectivity index (χ1v) is 5.80. The van der Waals surface area contributed by atoms with Gasteiger partial charge in [0, 0.05) is 25.0 Å². The monoisotopic (exact) mass is 219 g/mol. The number of hydrogen-bond donors (Lipinski definition) is 2. The Kier molecular flexibility index (Phi) is 3.39. The van der Waals surface area contributed by atoms with Crippen LogP contribution in [0.25, 0.3) is 0 Å². The van der Waals surface area contributed by atoms with Crippen LogP contribution in [0.15, 0.2) is 18.5 Å². The summed E-state index contributed by atoms with van der Waals surface area (Å²) in [5, 5.41) is 6.18. The summed E-state index contributed by atoms with van der Waals surface area (Å²) in [6.07, 6.45) is 6.73. The SMILES string of the molecule is CCNc1ccncc1C(=O)NC1CCC1. The lowest BCUT2D eigenvalue weighted by molar-refractivity contribution is 0.0917. The number of pyridine rings is 1. The van der Waals surface area contributed by atoms with E-state index in [9.17, 15) is 4.79 Å². The Morgan fingerprint density at radius 1 is 1.56 bits per heavy atom. The number of amides is 1. The molecule has 1 aromatic heterocycles. The van der Waals surface area contributed by atoms with Crippen molar-refractivity contribution in [3.05, 3.63) is 24.0 Å². The van der Waals surface area contributed by atoms with Crippen LogP contribution in [0.4, 0.5) is 5.69 Å². The van der Waals surface area contributed by atoms with E-state index in [1.807, 2.05) is 13.0 Å². The van der Waals surface area contributed by atoms with Gasteiger partial charge in [0.1, 0.15) is 0 Å². The highest BCUT2D eigenvalue weighted by Gasteiger charge is 2.21. The molecule has 16 heavy (non-hydrogen) atoms. The minimum absolute atomic E-state index is 0.0197. The number of nitrogens with one attached hydrogen (secondary N) is 2. The summed E-state index contributed by atoms with van der Waals surface area (Å²) in [6.45, 7) is 2.81. The van der Waals surface area contributed by atoms with Crippen molar-refractivity contribution < 1.29 is 4.79 Å². The molecule has 2 rings (SSSR count). The van der Waals surface area contributed by atoms with Crippen molar-refractivity contribution in [2.45, 2.75) is 32.2 Å². The van der Waals surface area contributed by atoms with Gasteiger partial charge in [-0.2, -0.15) is 0 Å². The van der Waals surface area contributed by atoms with Gasteiger partial charge in [0.05, 0.1) is 11.3 Å². The van der Waals surface area contributed by atoms with E-state index in [0.717, 1.165) is 25.1 Å². The number of aromatic nitrogens is 1. The van der Waals surface area contributed by atoms with E-state index in [1.54, 1.807) is 12.4 Å². The van der Waals surface area contributed by atoms with Crippen LogP contribution >= 0.6 is 0 Å². The van der Waals surface area contributed by atoms with Gasteiger partial charge in [-0.15, -0.1) is 0 Å². The molecule has 0 saturated heterocycles. The lowest BCUT2D eigenvalue weighted by atomic mass is 9.93. The normalized spacial score (nSPS) is 15.3. The average Bonchev–Trinajstić information content (AvgIpc) is 2.24. The van der Waals surface area contributed by atoms with E-state index >= 15 is 0 Å². The van der Waals surface area contributed by atoms with E-state index in [0.29, 0.717) is 11.6 Å². The first-order chi connectivity index (χ1) is 7.81. The molecule has 1 saturated carbocycles. The Morgan fingerprint density at radius 3 is 3.00 bits per heavy atom. The molecule has 1 aromatic rings. The van der Waals surface area contributed by atoms with Gasteiger partial charge in [-0.1, -0.05) is 0 Å². The fourth-order valence-electron chi connectivity index (χ4n) is 1.74. The van der Waals surface area contributed by atoms with Crippen molar-refractivity contribution in [1.29, 1.82) is 0 Å². The summed E-state index contributed by atoms with van der Waals surface area (Å²) in [5.74, 6) is -0.0197. The third-order valence-corrected chi connectivity index (χ3v) is 2.87. The van der Waals surface area contributed by atoms with Crippen molar-refractivity contribution in [2.24, 2.45) is 0 Å². The van der Waals surface area contributed by atoms with Crippen molar-refractivity contribution in [2.75, 3.05) is 11.9 Å². The molecule has 86 valence electrons. The van der Waals surface area contributed by atoms with Gasteiger partial charge < -0.3 is 10.6 Å². The Bertz CT molecular complexity index is 374. The van der Waals surface area contributed by atoms with E-state index in [2.05, 4.69) is 15.6 Å². The van der Waals surface area contributed by atoms with Crippen LogP contribution in [0.1, 0.15) is 36.5 Å². The smallest absolute Gasteiger partial charge is 0.255 e. The summed E-state index contributed by atoms with van der Waals surface area (Å²) in [6, 6.07) is 2.20. The lowest BCUT2D eigenvalue weighted by Gasteiger charge is -2.26. The Balaban J connectivity index is 2.08. The molecule has 4 nitrogen and oxygen atoms in total. The number of nitrogens with zero attached hydrogens (tertiary/aromatic N) is 1. The Hall–Kier alpha value is -1.58. The Morgan fingerprint density at radius 2 is 2.38 bits per heavy atom. The van der Waals surface area contributed by atoms with Crippen LogP contribution in [0.3, 0.4) is 0 Å². The van der Waals surface area contributed by atoms with Gasteiger partial charge in [0.25, 0.3) is 5.91 Å². The predicted molar refractivity (Wildman–Crippen MR) is 63.5 cm³/mol. The third kappa shape index (κ3) is 2.32. The van der Waals surface area contributed by atoms with E-state index < -0.39 is 0 Å². The molecule has 1 fully saturated rings. The Labute approximate surface area is 95.5 Å².